The van der Waals surface area contributed by atoms with Crippen LogP contribution < -0.4 is 0 Å². The Bertz CT molecular complexity index is 996. The molecule has 36 heavy (non-hydrogen) atoms. The average Bonchev–Trinajstić information content (AvgIpc) is 3.44. The predicted molar refractivity (Wildman–Crippen MR) is 153 cm³/mol. The van der Waals surface area contributed by atoms with Crippen LogP contribution in [0.5, 0.6) is 0 Å². The molecule has 0 radical (unpaired) electrons. The molecule has 0 saturated carbocycles. The van der Waals surface area contributed by atoms with Gasteiger partial charge >= 0.3 is 228 Å². The minimum atomic E-state index is -2.95. The molecule has 3 aromatic rings. The van der Waals surface area contributed by atoms with Gasteiger partial charge in [-0.15, -0.1) is 0 Å². The summed E-state index contributed by atoms with van der Waals surface area (Å²) in [4.78, 5) is 0. The summed E-state index contributed by atoms with van der Waals surface area (Å²) in [6.07, 6.45) is 0. The number of aromatic nitrogens is 8. The van der Waals surface area contributed by atoms with Crippen molar-refractivity contribution in [3.8, 4) is 22.8 Å². The maximum atomic E-state index is 4.96. The van der Waals surface area contributed by atoms with Gasteiger partial charge < -0.3 is 0 Å². The molecule has 0 atom stereocenters. The molecule has 0 unspecified atom stereocenters. The van der Waals surface area contributed by atoms with E-state index in [1.807, 2.05) is 0 Å². The quantitative estimate of drug-likeness (QED) is 0.210. The molecule has 0 aliphatic carbocycles. The third kappa shape index (κ3) is 4.89. The zero-order chi connectivity index (χ0) is 27.0. The molecule has 198 valence electrons. The molecular weight excluding hydrogens is 662 g/mol. The number of rotatable bonds is 10. The second-order valence-electron chi connectivity index (χ2n) is 12.1. The van der Waals surface area contributed by atoms with Gasteiger partial charge in [-0.1, -0.05) is 0 Å². The van der Waals surface area contributed by atoms with Crippen LogP contribution in [-0.2, 0) is 0 Å². The van der Waals surface area contributed by atoms with Gasteiger partial charge in [0.2, 0.25) is 0 Å². The fourth-order valence-electron chi connectivity index (χ4n) is 7.14. The monoisotopic (exact) mass is 710 g/mol. The third-order valence-electron chi connectivity index (χ3n) is 8.47. The van der Waals surface area contributed by atoms with Crippen LogP contribution in [0.2, 0.25) is 23.6 Å². The SMILES string of the molecule is C[CH](C)[Sn]([CH](C)C)([CH](C)C)[n]1nnc(-c2ccc(-c3nn[n]([Sn]([CH](C)C)([CH](C)C)[CH](C)C)n3)cc2)n1. The standard InChI is InChI=1S/C8H4N8.6C3H7.2Sn/c1-2-6(8-11-15-16-12-8)4-3-5(1)7-9-13-14-10-7;6*1-3-2;;/h1-4H;6*3H,1-2H3;;/q-2;;;;;;;2*+1. The van der Waals surface area contributed by atoms with Gasteiger partial charge in [-0.25, -0.2) is 0 Å². The normalized spacial score (nSPS) is 13.4. The van der Waals surface area contributed by atoms with E-state index in [-0.39, 0.29) is 0 Å². The van der Waals surface area contributed by atoms with Gasteiger partial charge in [-0.05, 0) is 0 Å². The van der Waals surface area contributed by atoms with Gasteiger partial charge in [0.1, 0.15) is 0 Å². The molecule has 0 N–H and O–H groups in total. The van der Waals surface area contributed by atoms with Crippen LogP contribution in [0.15, 0.2) is 24.3 Å². The Labute approximate surface area is 226 Å². The topological polar surface area (TPSA) is 87.2 Å². The van der Waals surface area contributed by atoms with Crippen LogP contribution in [0.3, 0.4) is 0 Å². The van der Waals surface area contributed by atoms with Crippen LogP contribution >= 0.6 is 0 Å². The van der Waals surface area contributed by atoms with Crippen molar-refractivity contribution in [2.45, 2.75) is 107 Å². The van der Waals surface area contributed by atoms with Crippen LogP contribution in [0.4, 0.5) is 0 Å². The van der Waals surface area contributed by atoms with Gasteiger partial charge in [0.25, 0.3) is 0 Å². The Morgan fingerprint density at radius 1 is 0.472 bits per heavy atom. The van der Waals surface area contributed by atoms with Crippen LogP contribution in [-0.4, -0.2) is 74.2 Å². The molecule has 0 aliphatic heterocycles. The van der Waals surface area contributed by atoms with E-state index in [2.05, 4.69) is 134 Å². The first-order valence-electron chi connectivity index (χ1n) is 13.5. The molecule has 10 heteroatoms. The number of tetrazole rings is 2. The molecule has 3 rings (SSSR count). The van der Waals surface area contributed by atoms with Gasteiger partial charge in [0, 0.05) is 0 Å². The van der Waals surface area contributed by atoms with Crippen LogP contribution in [0.1, 0.15) is 83.1 Å². The molecule has 0 spiro atoms. The Morgan fingerprint density at radius 2 is 0.722 bits per heavy atom. The molecule has 0 amide bonds. The third-order valence-corrected chi connectivity index (χ3v) is 45.2. The van der Waals surface area contributed by atoms with E-state index < -0.39 is 37.3 Å². The van der Waals surface area contributed by atoms with Crippen molar-refractivity contribution in [3.63, 3.8) is 0 Å². The number of benzene rings is 1. The first-order chi connectivity index (χ1) is 16.8. The van der Waals surface area contributed by atoms with E-state index in [1.54, 1.807) is 0 Å². The van der Waals surface area contributed by atoms with Crippen LogP contribution in [0, 0.1) is 0 Å². The van der Waals surface area contributed by atoms with E-state index in [1.165, 1.54) is 0 Å². The van der Waals surface area contributed by atoms with Gasteiger partial charge in [-0.2, -0.15) is 0 Å². The molecule has 0 saturated heterocycles. The number of nitrogens with zero attached hydrogens (tertiary/aromatic N) is 8. The van der Waals surface area contributed by atoms with Gasteiger partial charge in [0.05, 0.1) is 0 Å². The number of hydrogen-bond donors (Lipinski definition) is 0. The van der Waals surface area contributed by atoms with Crippen molar-refractivity contribution >= 4 is 37.3 Å². The molecule has 8 nitrogen and oxygen atoms in total. The fourth-order valence-corrected chi connectivity index (χ4v) is 40.6. The van der Waals surface area contributed by atoms with E-state index in [4.69, 9.17) is 10.2 Å². The fraction of sp³-hybridized carbons (Fsp3) is 0.692. The second-order valence-corrected chi connectivity index (χ2v) is 44.3. The molecule has 0 bridgehead atoms. The summed E-state index contributed by atoms with van der Waals surface area (Å²) in [5.41, 5.74) is 1.93. The average molecular weight is 708 g/mol. The first-order valence-corrected chi connectivity index (χ1v) is 26.0. The van der Waals surface area contributed by atoms with Crippen molar-refractivity contribution in [2.75, 3.05) is 0 Å². The summed E-state index contributed by atoms with van der Waals surface area (Å²) < 4.78 is 7.63. The Kier molecular flexibility index (Phi) is 9.32. The molecular formula is C26H46N8Sn2. The van der Waals surface area contributed by atoms with E-state index in [0.29, 0.717) is 35.3 Å². The molecule has 0 aliphatic rings. The predicted octanol–water partition coefficient (Wildman–Crippen LogP) is 7.04. The van der Waals surface area contributed by atoms with Crippen molar-refractivity contribution < 1.29 is 0 Å². The van der Waals surface area contributed by atoms with E-state index in [9.17, 15) is 0 Å². The van der Waals surface area contributed by atoms with Crippen molar-refractivity contribution in [1.29, 1.82) is 0 Å². The zero-order valence-corrected chi connectivity index (χ0v) is 30.1. The van der Waals surface area contributed by atoms with Gasteiger partial charge in [-0.3, -0.25) is 0 Å². The summed E-state index contributed by atoms with van der Waals surface area (Å²) in [5, 5.41) is 28.2. The number of hydrogen-bond acceptors (Lipinski definition) is 6. The Balaban J connectivity index is 1.94. The van der Waals surface area contributed by atoms with Crippen molar-refractivity contribution in [2.24, 2.45) is 0 Å². The summed E-state index contributed by atoms with van der Waals surface area (Å²) in [6, 6.07) is 8.22. The van der Waals surface area contributed by atoms with Crippen LogP contribution in [0.25, 0.3) is 22.8 Å². The summed E-state index contributed by atoms with van der Waals surface area (Å²) in [7, 11) is 0. The van der Waals surface area contributed by atoms with Gasteiger partial charge in [0.15, 0.2) is 0 Å². The second kappa shape index (κ2) is 11.4. The van der Waals surface area contributed by atoms with Crippen molar-refractivity contribution in [3.05, 3.63) is 24.3 Å². The first kappa shape index (κ1) is 29.5. The molecule has 0 fully saturated rings. The molecule has 2 heterocycles. The Morgan fingerprint density at radius 3 is 0.944 bits per heavy atom. The van der Waals surface area contributed by atoms with E-state index >= 15 is 0 Å². The maximum absolute atomic E-state index is 4.96. The van der Waals surface area contributed by atoms with E-state index in [0.717, 1.165) is 11.1 Å². The summed E-state index contributed by atoms with van der Waals surface area (Å²) in [5.74, 6) is 1.38. The van der Waals surface area contributed by atoms with Crippen molar-refractivity contribution in [1.82, 2.24) is 36.9 Å². The minimum absolute atomic E-state index is 0.581. The molecule has 1 aromatic carbocycles. The zero-order valence-electron chi connectivity index (χ0n) is 24.4. The summed E-state index contributed by atoms with van der Waals surface area (Å²) >= 11 is -5.89. The molecule has 2 aromatic heterocycles. The summed E-state index contributed by atoms with van der Waals surface area (Å²) in [6.45, 7) is 28.1. The Hall–Kier alpha value is -1.04.